The van der Waals surface area contributed by atoms with Crippen LogP contribution in [0, 0.1) is 5.92 Å². The molecule has 0 aliphatic rings. The second kappa shape index (κ2) is 7.09. The third-order valence-electron chi connectivity index (χ3n) is 2.89. The van der Waals surface area contributed by atoms with Crippen molar-refractivity contribution in [2.24, 2.45) is 5.92 Å². The highest BCUT2D eigenvalue weighted by Crippen LogP contribution is 2.20. The summed E-state index contributed by atoms with van der Waals surface area (Å²) in [6, 6.07) is 1.84. The molecule has 0 aromatic carbocycles. The SMILES string of the molecule is CCn1c(SCC(=O)NCC(C)C)nc2ccsc2c1=O. The zero-order valence-electron chi connectivity index (χ0n) is 12.4. The number of nitrogens with zero attached hydrogens (tertiary/aromatic N) is 2. The summed E-state index contributed by atoms with van der Waals surface area (Å²) in [6.45, 7) is 7.22. The lowest BCUT2D eigenvalue weighted by molar-refractivity contribution is -0.118. The number of amides is 1. The number of fused-ring (bicyclic) bond motifs is 1. The van der Waals surface area contributed by atoms with Gasteiger partial charge in [-0.15, -0.1) is 11.3 Å². The fourth-order valence-corrected chi connectivity index (χ4v) is 3.48. The number of hydrogen-bond donors (Lipinski definition) is 1. The molecule has 0 aliphatic carbocycles. The molecule has 2 heterocycles. The number of carbonyl (C=O) groups is 1. The van der Waals surface area contributed by atoms with Crippen LogP contribution in [0.15, 0.2) is 21.4 Å². The molecule has 0 saturated carbocycles. The molecule has 2 aromatic rings. The molecule has 2 rings (SSSR count). The van der Waals surface area contributed by atoms with Crippen LogP contribution in [-0.2, 0) is 11.3 Å². The lowest BCUT2D eigenvalue weighted by atomic mass is 10.2. The van der Waals surface area contributed by atoms with Crippen molar-refractivity contribution in [2.75, 3.05) is 12.3 Å². The molecule has 0 fully saturated rings. The Morgan fingerprint density at radius 3 is 2.95 bits per heavy atom. The van der Waals surface area contributed by atoms with E-state index in [4.69, 9.17) is 0 Å². The Morgan fingerprint density at radius 2 is 2.29 bits per heavy atom. The van der Waals surface area contributed by atoms with Crippen molar-refractivity contribution in [2.45, 2.75) is 32.5 Å². The molecule has 0 bridgehead atoms. The van der Waals surface area contributed by atoms with Gasteiger partial charge < -0.3 is 5.32 Å². The van der Waals surface area contributed by atoms with E-state index in [9.17, 15) is 9.59 Å². The van der Waals surface area contributed by atoms with Crippen molar-refractivity contribution in [1.82, 2.24) is 14.9 Å². The van der Waals surface area contributed by atoms with Gasteiger partial charge in [0.1, 0.15) is 4.70 Å². The predicted molar refractivity (Wildman–Crippen MR) is 88.1 cm³/mol. The zero-order chi connectivity index (χ0) is 15.4. The van der Waals surface area contributed by atoms with E-state index in [1.165, 1.54) is 23.1 Å². The summed E-state index contributed by atoms with van der Waals surface area (Å²) in [6.07, 6.45) is 0. The summed E-state index contributed by atoms with van der Waals surface area (Å²) < 4.78 is 2.30. The molecule has 0 spiro atoms. The van der Waals surface area contributed by atoms with Gasteiger partial charge in [-0.25, -0.2) is 4.98 Å². The Labute approximate surface area is 131 Å². The average molecular weight is 325 g/mol. The van der Waals surface area contributed by atoms with Gasteiger partial charge >= 0.3 is 0 Å². The second-order valence-corrected chi connectivity index (χ2v) is 6.92. The third-order valence-corrected chi connectivity index (χ3v) is 4.75. The largest absolute Gasteiger partial charge is 0.355 e. The molecule has 1 amide bonds. The smallest absolute Gasteiger partial charge is 0.272 e. The molecule has 114 valence electrons. The van der Waals surface area contributed by atoms with Crippen LogP contribution < -0.4 is 10.9 Å². The van der Waals surface area contributed by atoms with E-state index >= 15 is 0 Å². The van der Waals surface area contributed by atoms with E-state index in [2.05, 4.69) is 10.3 Å². The first-order valence-corrected chi connectivity index (χ1v) is 8.77. The molecule has 0 saturated heterocycles. The second-order valence-electron chi connectivity index (χ2n) is 5.07. The van der Waals surface area contributed by atoms with Gasteiger partial charge in [0, 0.05) is 13.1 Å². The van der Waals surface area contributed by atoms with E-state index in [1.54, 1.807) is 4.57 Å². The Kier molecular flexibility index (Phi) is 5.41. The molecule has 0 aliphatic heterocycles. The number of thioether (sulfide) groups is 1. The molecule has 21 heavy (non-hydrogen) atoms. The number of aromatic nitrogens is 2. The van der Waals surface area contributed by atoms with Crippen molar-refractivity contribution in [3.05, 3.63) is 21.8 Å². The van der Waals surface area contributed by atoms with Crippen molar-refractivity contribution >= 4 is 39.2 Å². The molecule has 7 heteroatoms. The minimum absolute atomic E-state index is 0.0254. The van der Waals surface area contributed by atoms with Crippen LogP contribution in [0.4, 0.5) is 0 Å². The van der Waals surface area contributed by atoms with E-state index in [0.29, 0.717) is 34.4 Å². The Bertz CT molecular complexity index is 691. The predicted octanol–water partition coefficient (Wildman–Crippen LogP) is 2.34. The van der Waals surface area contributed by atoms with Gasteiger partial charge in [0.05, 0.1) is 11.3 Å². The number of rotatable bonds is 6. The van der Waals surface area contributed by atoms with E-state index in [-0.39, 0.29) is 17.2 Å². The van der Waals surface area contributed by atoms with Crippen LogP contribution in [-0.4, -0.2) is 27.8 Å². The maximum Gasteiger partial charge on any atom is 0.272 e. The minimum Gasteiger partial charge on any atom is -0.355 e. The topological polar surface area (TPSA) is 64.0 Å². The molecule has 1 N–H and O–H groups in total. The van der Waals surface area contributed by atoms with Crippen LogP contribution in [0.2, 0.25) is 0 Å². The first-order chi connectivity index (χ1) is 10.0. The van der Waals surface area contributed by atoms with Crippen LogP contribution >= 0.6 is 23.1 Å². The van der Waals surface area contributed by atoms with Crippen LogP contribution in [0.25, 0.3) is 10.2 Å². The number of thiophene rings is 1. The molecular formula is C14H19N3O2S2. The maximum absolute atomic E-state index is 12.3. The summed E-state index contributed by atoms with van der Waals surface area (Å²) in [5.41, 5.74) is 0.683. The minimum atomic E-state index is -0.0315. The lowest BCUT2D eigenvalue weighted by Gasteiger charge is -2.10. The fraction of sp³-hybridized carbons (Fsp3) is 0.500. The van der Waals surface area contributed by atoms with Crippen LogP contribution in [0.3, 0.4) is 0 Å². The first kappa shape index (κ1) is 16.0. The van der Waals surface area contributed by atoms with E-state index in [1.807, 2.05) is 32.2 Å². The van der Waals surface area contributed by atoms with Crippen molar-refractivity contribution in [3.8, 4) is 0 Å². The van der Waals surface area contributed by atoms with Crippen LogP contribution in [0.5, 0.6) is 0 Å². The van der Waals surface area contributed by atoms with Gasteiger partial charge in [-0.2, -0.15) is 0 Å². The molecule has 0 unspecified atom stereocenters. The highest BCUT2D eigenvalue weighted by atomic mass is 32.2. The standard InChI is InChI=1S/C14H19N3O2S2/c1-4-17-13(19)12-10(5-6-20-12)16-14(17)21-8-11(18)15-7-9(2)3/h5-6,9H,4,7-8H2,1-3H3,(H,15,18). The van der Waals surface area contributed by atoms with Gasteiger partial charge in [-0.05, 0) is 24.3 Å². The number of carbonyl (C=O) groups excluding carboxylic acids is 1. The summed E-state index contributed by atoms with van der Waals surface area (Å²) in [7, 11) is 0. The quantitative estimate of drug-likeness (QED) is 0.654. The Hall–Kier alpha value is -1.34. The Morgan fingerprint density at radius 1 is 1.52 bits per heavy atom. The molecule has 0 atom stereocenters. The maximum atomic E-state index is 12.3. The average Bonchev–Trinajstić information content (AvgIpc) is 2.91. The van der Waals surface area contributed by atoms with Gasteiger partial charge in [0.2, 0.25) is 5.91 Å². The summed E-state index contributed by atoms with van der Waals surface area (Å²) >= 11 is 2.71. The summed E-state index contributed by atoms with van der Waals surface area (Å²) in [5, 5.41) is 5.33. The van der Waals surface area contributed by atoms with Gasteiger partial charge in [0.25, 0.3) is 5.56 Å². The molecule has 5 nitrogen and oxygen atoms in total. The lowest BCUT2D eigenvalue weighted by Crippen LogP contribution is -2.29. The Balaban J connectivity index is 2.14. The highest BCUT2D eigenvalue weighted by molar-refractivity contribution is 7.99. The van der Waals surface area contributed by atoms with Crippen molar-refractivity contribution in [1.29, 1.82) is 0 Å². The van der Waals surface area contributed by atoms with Crippen molar-refractivity contribution < 1.29 is 4.79 Å². The highest BCUT2D eigenvalue weighted by Gasteiger charge is 2.13. The van der Waals surface area contributed by atoms with Gasteiger partial charge in [-0.1, -0.05) is 25.6 Å². The van der Waals surface area contributed by atoms with Gasteiger partial charge in [0.15, 0.2) is 5.16 Å². The van der Waals surface area contributed by atoms with E-state index < -0.39 is 0 Å². The number of hydrogen-bond acceptors (Lipinski definition) is 5. The molecule has 2 aromatic heterocycles. The molecule has 0 radical (unpaired) electrons. The van der Waals surface area contributed by atoms with Crippen molar-refractivity contribution in [3.63, 3.8) is 0 Å². The van der Waals surface area contributed by atoms with Gasteiger partial charge in [-0.3, -0.25) is 14.2 Å². The van der Waals surface area contributed by atoms with E-state index in [0.717, 1.165) is 0 Å². The summed E-state index contributed by atoms with van der Waals surface area (Å²) in [5.74, 6) is 0.665. The summed E-state index contributed by atoms with van der Waals surface area (Å²) in [4.78, 5) is 28.6. The zero-order valence-corrected chi connectivity index (χ0v) is 14.0. The third kappa shape index (κ3) is 3.85. The normalized spacial score (nSPS) is 11.2. The monoisotopic (exact) mass is 325 g/mol. The van der Waals surface area contributed by atoms with Crippen LogP contribution in [0.1, 0.15) is 20.8 Å². The fourth-order valence-electron chi connectivity index (χ4n) is 1.81. The first-order valence-electron chi connectivity index (χ1n) is 6.90. The molecular weight excluding hydrogens is 306 g/mol. The number of nitrogens with one attached hydrogen (secondary N) is 1.